The zero-order valence-corrected chi connectivity index (χ0v) is 15.5. The molecule has 2 heterocycles. The second kappa shape index (κ2) is 7.46. The minimum absolute atomic E-state index is 0.258. The van der Waals surface area contributed by atoms with Crippen molar-refractivity contribution in [3.8, 4) is 5.69 Å². The Morgan fingerprint density at radius 1 is 1.11 bits per heavy atom. The van der Waals surface area contributed by atoms with E-state index in [0.29, 0.717) is 23.5 Å². The molecule has 0 saturated heterocycles. The summed E-state index contributed by atoms with van der Waals surface area (Å²) in [5.74, 6) is -0.258. The largest absolute Gasteiger partial charge is 0.322 e. The van der Waals surface area contributed by atoms with Crippen LogP contribution in [-0.4, -0.2) is 40.9 Å². The van der Waals surface area contributed by atoms with E-state index in [-0.39, 0.29) is 5.91 Å². The van der Waals surface area contributed by atoms with Crippen LogP contribution in [-0.2, 0) is 6.54 Å². The fourth-order valence-corrected chi connectivity index (χ4v) is 2.92. The van der Waals surface area contributed by atoms with Gasteiger partial charge in [0.05, 0.1) is 17.8 Å². The number of nitrogens with one attached hydrogen (secondary N) is 1. The molecule has 4 aromatic rings. The third-order valence-electron chi connectivity index (χ3n) is 3.82. The Morgan fingerprint density at radius 3 is 2.67 bits per heavy atom. The van der Waals surface area contributed by atoms with Crippen molar-refractivity contribution >= 4 is 27.5 Å². The van der Waals surface area contributed by atoms with E-state index >= 15 is 0 Å². The van der Waals surface area contributed by atoms with Gasteiger partial charge in [0.15, 0.2) is 0 Å². The normalized spacial score (nSPS) is 10.7. The third kappa shape index (κ3) is 3.90. The molecule has 0 aliphatic carbocycles. The Kier molecular flexibility index (Phi) is 4.71. The van der Waals surface area contributed by atoms with Crippen LogP contribution in [0.1, 0.15) is 15.9 Å². The first-order chi connectivity index (χ1) is 13.2. The Labute approximate surface area is 162 Å². The molecule has 0 saturated carbocycles. The molecule has 1 amide bonds. The highest BCUT2D eigenvalue weighted by Crippen LogP contribution is 2.21. The van der Waals surface area contributed by atoms with Crippen LogP contribution in [0.15, 0.2) is 65.9 Å². The van der Waals surface area contributed by atoms with Crippen LogP contribution in [0.25, 0.3) is 5.69 Å². The molecule has 2 aromatic heterocycles. The zero-order chi connectivity index (χ0) is 18.6. The fourth-order valence-electron chi connectivity index (χ4n) is 2.55. The molecule has 1 N–H and O–H groups in total. The number of rotatable bonds is 5. The van der Waals surface area contributed by atoms with Gasteiger partial charge in [-0.05, 0) is 46.3 Å². The molecule has 2 aromatic carbocycles. The van der Waals surface area contributed by atoms with Crippen molar-refractivity contribution in [3.05, 3.63) is 77.0 Å². The molecule has 9 nitrogen and oxygen atoms in total. The van der Waals surface area contributed by atoms with Gasteiger partial charge in [-0.15, -0.1) is 5.10 Å². The highest BCUT2D eigenvalue weighted by atomic mass is 79.9. The summed E-state index contributed by atoms with van der Waals surface area (Å²) in [6.45, 7) is 0.614. The van der Waals surface area contributed by atoms with Crippen LogP contribution < -0.4 is 5.32 Å². The van der Waals surface area contributed by atoms with Crippen LogP contribution in [0.2, 0.25) is 0 Å². The third-order valence-corrected chi connectivity index (χ3v) is 4.32. The molecule has 0 atom stereocenters. The van der Waals surface area contributed by atoms with Gasteiger partial charge in [-0.25, -0.2) is 9.67 Å². The second-order valence-corrected chi connectivity index (χ2v) is 6.58. The highest BCUT2D eigenvalue weighted by Gasteiger charge is 2.15. The molecule has 0 bridgehead atoms. The van der Waals surface area contributed by atoms with Crippen molar-refractivity contribution < 1.29 is 4.79 Å². The highest BCUT2D eigenvalue weighted by molar-refractivity contribution is 9.10. The summed E-state index contributed by atoms with van der Waals surface area (Å²) in [5.41, 5.74) is 2.77. The number of anilines is 1. The Hall–Kier alpha value is -3.40. The number of amides is 1. The van der Waals surface area contributed by atoms with E-state index in [0.717, 1.165) is 10.0 Å². The van der Waals surface area contributed by atoms with Crippen molar-refractivity contribution in [2.24, 2.45) is 0 Å². The van der Waals surface area contributed by atoms with E-state index in [1.54, 1.807) is 23.1 Å². The van der Waals surface area contributed by atoms with Crippen LogP contribution in [0, 0.1) is 0 Å². The van der Waals surface area contributed by atoms with Gasteiger partial charge in [0.2, 0.25) is 0 Å². The second-order valence-electron chi connectivity index (χ2n) is 5.66. The molecular formula is C17H13BrN8O. The fraction of sp³-hybridized carbons (Fsp3) is 0.0588. The molecular weight excluding hydrogens is 412 g/mol. The maximum Gasteiger partial charge on any atom is 0.257 e. The number of hydrogen-bond acceptors (Lipinski definition) is 6. The van der Waals surface area contributed by atoms with Crippen molar-refractivity contribution in [2.45, 2.75) is 6.54 Å². The Morgan fingerprint density at radius 2 is 1.96 bits per heavy atom. The average Bonchev–Trinajstić information content (AvgIpc) is 3.37. The van der Waals surface area contributed by atoms with Crippen LogP contribution >= 0.6 is 15.9 Å². The van der Waals surface area contributed by atoms with Crippen molar-refractivity contribution in [1.82, 2.24) is 35.0 Å². The van der Waals surface area contributed by atoms with E-state index in [9.17, 15) is 4.79 Å². The van der Waals surface area contributed by atoms with Crippen LogP contribution in [0.4, 0.5) is 5.69 Å². The van der Waals surface area contributed by atoms with Crippen molar-refractivity contribution in [1.29, 1.82) is 0 Å². The summed E-state index contributed by atoms with van der Waals surface area (Å²) in [5, 5.41) is 18.1. The molecule has 0 fully saturated rings. The number of hydrogen-bond donors (Lipinski definition) is 1. The van der Waals surface area contributed by atoms with E-state index in [4.69, 9.17) is 0 Å². The van der Waals surface area contributed by atoms with Crippen LogP contribution in [0.3, 0.4) is 0 Å². The van der Waals surface area contributed by atoms with E-state index in [1.165, 1.54) is 17.3 Å². The molecule has 134 valence electrons. The van der Waals surface area contributed by atoms with E-state index in [2.05, 4.69) is 46.9 Å². The summed E-state index contributed by atoms with van der Waals surface area (Å²) in [6.07, 6.45) is 4.59. The Balaban J connectivity index is 1.53. The van der Waals surface area contributed by atoms with Gasteiger partial charge in [0.1, 0.15) is 19.0 Å². The molecule has 0 aliphatic rings. The summed E-state index contributed by atoms with van der Waals surface area (Å²) in [4.78, 5) is 16.7. The molecule has 10 heteroatoms. The van der Waals surface area contributed by atoms with Gasteiger partial charge >= 0.3 is 0 Å². The molecule has 0 spiro atoms. The SMILES string of the molecule is O=C(Nc1ccc(Cn2cncn2)cc1)c1cc(Br)ccc1-n1cnnn1. The maximum atomic E-state index is 12.8. The number of benzene rings is 2. The molecule has 0 unspecified atom stereocenters. The monoisotopic (exact) mass is 424 g/mol. The lowest BCUT2D eigenvalue weighted by molar-refractivity contribution is 0.102. The summed E-state index contributed by atoms with van der Waals surface area (Å²) < 4.78 is 3.96. The van der Waals surface area contributed by atoms with Gasteiger partial charge in [0.25, 0.3) is 5.91 Å². The van der Waals surface area contributed by atoms with Crippen molar-refractivity contribution in [3.63, 3.8) is 0 Å². The topological polar surface area (TPSA) is 103 Å². The quantitative estimate of drug-likeness (QED) is 0.527. The number of tetrazole rings is 1. The van der Waals surface area contributed by atoms with Gasteiger partial charge < -0.3 is 5.32 Å². The number of carbonyl (C=O) groups excluding carboxylic acids is 1. The smallest absolute Gasteiger partial charge is 0.257 e. The van der Waals surface area contributed by atoms with Crippen LogP contribution in [0.5, 0.6) is 0 Å². The number of halogens is 1. The van der Waals surface area contributed by atoms with E-state index < -0.39 is 0 Å². The van der Waals surface area contributed by atoms with Crippen molar-refractivity contribution in [2.75, 3.05) is 5.32 Å². The first kappa shape index (κ1) is 17.0. The minimum Gasteiger partial charge on any atom is -0.322 e. The minimum atomic E-state index is -0.258. The number of carbonyl (C=O) groups is 1. The van der Waals surface area contributed by atoms with Gasteiger partial charge in [-0.2, -0.15) is 9.78 Å². The molecule has 0 radical (unpaired) electrons. The maximum absolute atomic E-state index is 12.8. The van der Waals surface area contributed by atoms with E-state index in [1.807, 2.05) is 30.3 Å². The predicted molar refractivity (Wildman–Crippen MR) is 100 cm³/mol. The lowest BCUT2D eigenvalue weighted by Crippen LogP contribution is -2.15. The average molecular weight is 425 g/mol. The molecule has 0 aliphatic heterocycles. The standard InChI is InChI=1S/C17H13BrN8O/c18-13-3-6-16(26-11-20-23-24-26)15(7-13)17(27)22-14-4-1-12(2-5-14)8-25-10-19-9-21-25/h1-7,9-11H,8H2,(H,22,27). The van der Waals surface area contributed by atoms with Gasteiger partial charge in [-0.3, -0.25) is 4.79 Å². The number of aromatic nitrogens is 7. The summed E-state index contributed by atoms with van der Waals surface area (Å²) >= 11 is 3.40. The van der Waals surface area contributed by atoms with Gasteiger partial charge in [-0.1, -0.05) is 28.1 Å². The predicted octanol–water partition coefficient (Wildman–Crippen LogP) is 2.32. The first-order valence-corrected chi connectivity index (χ1v) is 8.74. The molecule has 27 heavy (non-hydrogen) atoms. The van der Waals surface area contributed by atoms with Gasteiger partial charge in [0, 0.05) is 10.2 Å². The number of nitrogens with zero attached hydrogens (tertiary/aromatic N) is 7. The lowest BCUT2D eigenvalue weighted by Gasteiger charge is -2.11. The Bertz CT molecular complexity index is 1050. The molecule has 4 rings (SSSR count). The lowest BCUT2D eigenvalue weighted by atomic mass is 10.1. The summed E-state index contributed by atoms with van der Waals surface area (Å²) in [6, 6.07) is 12.9. The first-order valence-electron chi connectivity index (χ1n) is 7.95. The summed E-state index contributed by atoms with van der Waals surface area (Å²) in [7, 11) is 0. The zero-order valence-electron chi connectivity index (χ0n) is 13.9.